The molecule has 0 aliphatic heterocycles. The molecule has 0 fully saturated rings. The van der Waals surface area contributed by atoms with Crippen molar-refractivity contribution in [3.63, 3.8) is 0 Å². The van der Waals surface area contributed by atoms with Crippen LogP contribution in [0.4, 0.5) is 5.69 Å². The van der Waals surface area contributed by atoms with Crippen LogP contribution in [0.5, 0.6) is 5.75 Å². The zero-order valence-electron chi connectivity index (χ0n) is 12.3. The lowest BCUT2D eigenvalue weighted by atomic mass is 10.2. The number of benzene rings is 1. The van der Waals surface area contributed by atoms with E-state index in [1.54, 1.807) is 42.5 Å². The molecule has 0 saturated heterocycles. The number of rotatable bonds is 6. The molecule has 0 atom stereocenters. The monoisotopic (exact) mass is 288 g/mol. The Balaban J connectivity index is 1.76. The van der Waals surface area contributed by atoms with E-state index in [4.69, 9.17) is 14.9 Å². The maximum atomic E-state index is 12.0. The first-order valence-electron chi connectivity index (χ1n) is 6.81. The highest BCUT2D eigenvalue weighted by atomic mass is 16.5. The molecule has 0 radical (unpaired) electrons. The molecule has 0 bridgehead atoms. The third-order valence-electron chi connectivity index (χ3n) is 3.26. The Hall–Kier alpha value is -2.43. The van der Waals surface area contributed by atoms with Crippen molar-refractivity contribution in [2.45, 2.75) is 19.9 Å². The normalized spacial score (nSPS) is 10.4. The molecule has 1 amide bonds. The van der Waals surface area contributed by atoms with Crippen LogP contribution in [0.15, 0.2) is 41.0 Å². The van der Waals surface area contributed by atoms with Crippen LogP contribution in [0.25, 0.3) is 0 Å². The van der Waals surface area contributed by atoms with E-state index < -0.39 is 0 Å². The minimum atomic E-state index is 0.0334. The Morgan fingerprint density at radius 1 is 1.29 bits per heavy atom. The third-order valence-corrected chi connectivity index (χ3v) is 3.26. The quantitative estimate of drug-likeness (QED) is 0.830. The van der Waals surface area contributed by atoms with Crippen molar-refractivity contribution < 1.29 is 13.9 Å². The fourth-order valence-corrected chi connectivity index (χ4v) is 1.93. The highest BCUT2D eigenvalue weighted by Gasteiger charge is 2.11. The van der Waals surface area contributed by atoms with Crippen molar-refractivity contribution in [3.8, 4) is 5.75 Å². The van der Waals surface area contributed by atoms with Crippen LogP contribution < -0.4 is 10.5 Å². The summed E-state index contributed by atoms with van der Waals surface area (Å²) >= 11 is 0. The standard InChI is InChI=1S/C16H20N2O3/c1-12-13(7-9-20-12)11-18(2)16(19)8-10-21-15-5-3-14(17)4-6-15/h3-7,9H,8,10-11,17H2,1-2H3. The van der Waals surface area contributed by atoms with Gasteiger partial charge >= 0.3 is 0 Å². The SMILES string of the molecule is Cc1occc1CN(C)C(=O)CCOc1ccc(N)cc1. The van der Waals surface area contributed by atoms with Crippen molar-refractivity contribution in [3.05, 3.63) is 47.9 Å². The van der Waals surface area contributed by atoms with Crippen LogP contribution in [0.3, 0.4) is 0 Å². The molecule has 1 aromatic heterocycles. The smallest absolute Gasteiger partial charge is 0.226 e. The highest BCUT2D eigenvalue weighted by Crippen LogP contribution is 2.14. The molecular weight excluding hydrogens is 268 g/mol. The van der Waals surface area contributed by atoms with Crippen LogP contribution in [-0.4, -0.2) is 24.5 Å². The number of aryl methyl sites for hydroxylation is 1. The molecule has 112 valence electrons. The average Bonchev–Trinajstić information content (AvgIpc) is 2.86. The molecule has 0 unspecified atom stereocenters. The van der Waals surface area contributed by atoms with Crippen molar-refractivity contribution in [2.24, 2.45) is 0 Å². The molecule has 2 aromatic rings. The maximum absolute atomic E-state index is 12.0. The fourth-order valence-electron chi connectivity index (χ4n) is 1.93. The van der Waals surface area contributed by atoms with Gasteiger partial charge in [0.2, 0.25) is 5.91 Å². The Labute approximate surface area is 124 Å². The molecule has 5 nitrogen and oxygen atoms in total. The first kappa shape index (κ1) is 15.0. The second-order valence-corrected chi connectivity index (χ2v) is 4.92. The predicted molar refractivity (Wildman–Crippen MR) is 80.9 cm³/mol. The lowest BCUT2D eigenvalue weighted by molar-refractivity contribution is -0.130. The summed E-state index contributed by atoms with van der Waals surface area (Å²) < 4.78 is 10.7. The number of carbonyl (C=O) groups is 1. The topological polar surface area (TPSA) is 68.7 Å². The largest absolute Gasteiger partial charge is 0.493 e. The van der Waals surface area contributed by atoms with Crippen LogP contribution >= 0.6 is 0 Å². The van der Waals surface area contributed by atoms with Gasteiger partial charge in [-0.3, -0.25) is 4.79 Å². The minimum Gasteiger partial charge on any atom is -0.493 e. The van der Waals surface area contributed by atoms with E-state index in [-0.39, 0.29) is 5.91 Å². The summed E-state index contributed by atoms with van der Waals surface area (Å²) in [6, 6.07) is 9.00. The first-order valence-corrected chi connectivity index (χ1v) is 6.81. The van der Waals surface area contributed by atoms with Gasteiger partial charge in [0, 0.05) is 24.8 Å². The van der Waals surface area contributed by atoms with E-state index >= 15 is 0 Å². The Morgan fingerprint density at radius 2 is 2.00 bits per heavy atom. The molecule has 0 spiro atoms. The van der Waals surface area contributed by atoms with Crippen molar-refractivity contribution in [1.29, 1.82) is 0 Å². The van der Waals surface area contributed by atoms with Gasteiger partial charge in [-0.1, -0.05) is 0 Å². The fraction of sp³-hybridized carbons (Fsp3) is 0.312. The number of nitrogens with two attached hydrogens (primary N) is 1. The number of hydrogen-bond acceptors (Lipinski definition) is 4. The van der Waals surface area contributed by atoms with Crippen molar-refractivity contribution in [2.75, 3.05) is 19.4 Å². The molecule has 0 aliphatic rings. The van der Waals surface area contributed by atoms with Crippen LogP contribution in [0, 0.1) is 6.92 Å². The van der Waals surface area contributed by atoms with Crippen molar-refractivity contribution in [1.82, 2.24) is 4.90 Å². The van der Waals surface area contributed by atoms with Gasteiger partial charge in [0.25, 0.3) is 0 Å². The second-order valence-electron chi connectivity index (χ2n) is 4.92. The van der Waals surface area contributed by atoms with E-state index in [1.807, 2.05) is 13.0 Å². The Morgan fingerprint density at radius 3 is 2.62 bits per heavy atom. The lowest BCUT2D eigenvalue weighted by Gasteiger charge is -2.17. The number of nitrogen functional groups attached to an aromatic ring is 1. The zero-order chi connectivity index (χ0) is 15.2. The molecule has 0 aliphatic carbocycles. The van der Waals surface area contributed by atoms with Gasteiger partial charge in [-0.15, -0.1) is 0 Å². The van der Waals surface area contributed by atoms with Gasteiger partial charge in [0.1, 0.15) is 11.5 Å². The number of hydrogen-bond donors (Lipinski definition) is 1. The third kappa shape index (κ3) is 4.27. The summed E-state index contributed by atoms with van der Waals surface area (Å²) in [5.41, 5.74) is 7.30. The van der Waals surface area contributed by atoms with Crippen LogP contribution in [-0.2, 0) is 11.3 Å². The molecule has 2 rings (SSSR count). The molecule has 21 heavy (non-hydrogen) atoms. The second kappa shape index (κ2) is 6.83. The van der Waals surface area contributed by atoms with E-state index in [2.05, 4.69) is 0 Å². The summed E-state index contributed by atoms with van der Waals surface area (Å²) in [6.07, 6.45) is 1.96. The average molecular weight is 288 g/mol. The van der Waals surface area contributed by atoms with Gasteiger partial charge in [-0.05, 0) is 37.3 Å². The zero-order valence-corrected chi connectivity index (χ0v) is 12.3. The highest BCUT2D eigenvalue weighted by molar-refractivity contribution is 5.76. The molecule has 0 saturated carbocycles. The van der Waals surface area contributed by atoms with Gasteiger partial charge in [-0.2, -0.15) is 0 Å². The summed E-state index contributed by atoms with van der Waals surface area (Å²) in [7, 11) is 1.78. The van der Waals surface area contributed by atoms with E-state index in [9.17, 15) is 4.79 Å². The summed E-state index contributed by atoms with van der Waals surface area (Å²) in [4.78, 5) is 13.7. The number of ether oxygens (including phenoxy) is 1. The number of anilines is 1. The minimum absolute atomic E-state index is 0.0334. The van der Waals surface area contributed by atoms with Crippen LogP contribution in [0.1, 0.15) is 17.7 Å². The summed E-state index contributed by atoms with van der Waals surface area (Å²) in [6.45, 7) is 2.78. The molecule has 1 aromatic carbocycles. The number of furan rings is 1. The van der Waals surface area contributed by atoms with Gasteiger partial charge in [0.05, 0.1) is 19.3 Å². The maximum Gasteiger partial charge on any atom is 0.226 e. The van der Waals surface area contributed by atoms with Gasteiger partial charge in [0.15, 0.2) is 0 Å². The van der Waals surface area contributed by atoms with Gasteiger partial charge < -0.3 is 19.8 Å². The molecule has 5 heteroatoms. The number of carbonyl (C=O) groups excluding carboxylic acids is 1. The molecule has 2 N–H and O–H groups in total. The molecule has 1 heterocycles. The summed E-state index contributed by atoms with van der Waals surface area (Å²) in [5.74, 6) is 1.59. The van der Waals surface area contributed by atoms with E-state index in [0.717, 1.165) is 11.3 Å². The van der Waals surface area contributed by atoms with Crippen LogP contribution in [0.2, 0.25) is 0 Å². The van der Waals surface area contributed by atoms with E-state index in [1.165, 1.54) is 0 Å². The predicted octanol–water partition coefficient (Wildman–Crippen LogP) is 2.60. The first-order chi connectivity index (χ1) is 10.1. The number of nitrogens with zero attached hydrogens (tertiary/aromatic N) is 1. The number of amides is 1. The van der Waals surface area contributed by atoms with Crippen molar-refractivity contribution >= 4 is 11.6 Å². The van der Waals surface area contributed by atoms with E-state index in [0.29, 0.717) is 31.0 Å². The lowest BCUT2D eigenvalue weighted by Crippen LogP contribution is -2.27. The van der Waals surface area contributed by atoms with Gasteiger partial charge in [-0.25, -0.2) is 0 Å². The Kier molecular flexibility index (Phi) is 4.87. The molecular formula is C16H20N2O3. The Bertz CT molecular complexity index is 590. The summed E-state index contributed by atoms with van der Waals surface area (Å²) in [5, 5.41) is 0.